The number of carbonyl (C=O) groups excluding carboxylic acids is 1. The number of halogens is 1. The summed E-state index contributed by atoms with van der Waals surface area (Å²) in [5, 5.41) is -1.78. The van der Waals surface area contributed by atoms with Gasteiger partial charge in [0.2, 0.25) is 0 Å². The number of hydrogen-bond acceptors (Lipinski definition) is 8. The molecule has 2 rings (SSSR count). The quantitative estimate of drug-likeness (QED) is 0.0769. The molecule has 0 bridgehead atoms. The summed E-state index contributed by atoms with van der Waals surface area (Å²) in [5.41, 5.74) is 4.75. The average molecular weight is 606 g/mol. The summed E-state index contributed by atoms with van der Waals surface area (Å²) in [6, 6.07) is 1.36. The van der Waals surface area contributed by atoms with E-state index in [0.717, 1.165) is 35.6 Å². The van der Waals surface area contributed by atoms with Crippen molar-refractivity contribution in [1.82, 2.24) is 9.55 Å². The van der Waals surface area contributed by atoms with Gasteiger partial charge in [-0.3, -0.25) is 13.6 Å². The maximum absolute atomic E-state index is 14.9. The fourth-order valence-corrected chi connectivity index (χ4v) is 7.33. The number of nitrogens with two attached hydrogens (primary N) is 1. The fourth-order valence-electron chi connectivity index (χ4n) is 4.93. The number of phosphoric ester groups is 1. The Morgan fingerprint density at radius 3 is 2.02 bits per heavy atom. The molecule has 2 heterocycles. The molecule has 1 fully saturated rings. The molecular formula is C28H49FN3O6PS. The Labute approximate surface area is 242 Å². The summed E-state index contributed by atoms with van der Waals surface area (Å²) in [4.78, 5) is 37.2. The van der Waals surface area contributed by atoms with Gasteiger partial charge in [0, 0.05) is 11.4 Å². The zero-order valence-corrected chi connectivity index (χ0v) is 25.7. The first-order chi connectivity index (χ1) is 19.3. The van der Waals surface area contributed by atoms with Crippen LogP contribution >= 0.6 is 19.6 Å². The van der Waals surface area contributed by atoms with Crippen LogP contribution in [0.1, 0.15) is 115 Å². The minimum absolute atomic E-state index is 0.00851. The van der Waals surface area contributed by atoms with Gasteiger partial charge in [0.05, 0.1) is 19.1 Å². The standard InChI is InChI=1S/C28H49FN3O6PS/c1-2-3-4-5-6-7-8-9-10-11-12-13-14-15-16-17-20-37-39(35,36)38-22-24-23(21-33)26(29)27(40-24)32-19-18-25(30)31-28(32)34/h18-19,21,23-24,26-27H,2-17,20,22H2,1H3,(H,35,36)(H2,30,31,34)/t23?,24-,26+,27-/m1/s1. The first kappa shape index (κ1) is 34.9. The summed E-state index contributed by atoms with van der Waals surface area (Å²) >= 11 is 0.979. The predicted octanol–water partition coefficient (Wildman–Crippen LogP) is 6.99. The molecule has 0 amide bonds. The Kier molecular flexibility index (Phi) is 17.3. The monoisotopic (exact) mass is 605 g/mol. The number of hydrogen-bond donors (Lipinski definition) is 2. The zero-order valence-electron chi connectivity index (χ0n) is 24.0. The van der Waals surface area contributed by atoms with Gasteiger partial charge in [-0.1, -0.05) is 103 Å². The van der Waals surface area contributed by atoms with E-state index in [1.54, 1.807) is 0 Å². The van der Waals surface area contributed by atoms with Crippen molar-refractivity contribution in [2.75, 3.05) is 18.9 Å². The number of thioether (sulfide) groups is 1. The molecule has 2 unspecified atom stereocenters. The molecule has 12 heteroatoms. The van der Waals surface area contributed by atoms with Crippen molar-refractivity contribution in [1.29, 1.82) is 0 Å². The Morgan fingerprint density at radius 2 is 1.52 bits per heavy atom. The molecule has 0 radical (unpaired) electrons. The summed E-state index contributed by atoms with van der Waals surface area (Å²) in [6.07, 6.45) is 19.8. The average Bonchev–Trinajstić information content (AvgIpc) is 3.24. The van der Waals surface area contributed by atoms with E-state index in [1.165, 1.54) is 89.3 Å². The van der Waals surface area contributed by atoms with E-state index < -0.39 is 36.2 Å². The maximum atomic E-state index is 14.9. The number of rotatable bonds is 23. The Hall–Kier alpha value is -1.26. The first-order valence-corrected chi connectivity index (χ1v) is 17.4. The van der Waals surface area contributed by atoms with E-state index in [2.05, 4.69) is 11.9 Å². The van der Waals surface area contributed by atoms with Gasteiger partial charge < -0.3 is 15.4 Å². The van der Waals surface area contributed by atoms with Gasteiger partial charge in [-0.15, -0.1) is 11.8 Å². The van der Waals surface area contributed by atoms with Crippen LogP contribution in [0, 0.1) is 5.92 Å². The van der Waals surface area contributed by atoms with Crippen molar-refractivity contribution in [3.8, 4) is 0 Å². The Balaban J connectivity index is 1.52. The van der Waals surface area contributed by atoms with E-state index in [-0.39, 0.29) is 19.0 Å². The molecule has 230 valence electrons. The van der Waals surface area contributed by atoms with E-state index in [9.17, 15) is 23.4 Å². The van der Waals surface area contributed by atoms with Crippen LogP contribution in [0.2, 0.25) is 0 Å². The van der Waals surface area contributed by atoms with Gasteiger partial charge in [-0.25, -0.2) is 13.8 Å². The lowest BCUT2D eigenvalue weighted by Crippen LogP contribution is -2.31. The minimum atomic E-state index is -4.35. The topological polar surface area (TPSA) is 134 Å². The summed E-state index contributed by atoms with van der Waals surface area (Å²) in [5.74, 6) is -1.10. The maximum Gasteiger partial charge on any atom is 0.472 e. The molecule has 1 saturated heterocycles. The van der Waals surface area contributed by atoms with E-state index in [0.29, 0.717) is 12.7 Å². The van der Waals surface area contributed by atoms with E-state index in [1.807, 2.05) is 0 Å². The number of nitrogens with zero attached hydrogens (tertiary/aromatic N) is 2. The minimum Gasteiger partial charge on any atom is -0.383 e. The largest absolute Gasteiger partial charge is 0.472 e. The zero-order chi connectivity index (χ0) is 29.2. The van der Waals surface area contributed by atoms with Crippen LogP contribution in [0.25, 0.3) is 0 Å². The van der Waals surface area contributed by atoms with Crippen LogP contribution in [0.15, 0.2) is 17.1 Å². The second-order valence-corrected chi connectivity index (χ2v) is 13.5. The molecule has 1 aliphatic heterocycles. The molecule has 0 saturated carbocycles. The molecule has 40 heavy (non-hydrogen) atoms. The highest BCUT2D eigenvalue weighted by atomic mass is 32.2. The van der Waals surface area contributed by atoms with Gasteiger partial charge in [-0.2, -0.15) is 4.98 Å². The van der Waals surface area contributed by atoms with Crippen LogP contribution in [0.4, 0.5) is 10.2 Å². The molecule has 1 aliphatic rings. The lowest BCUT2D eigenvalue weighted by molar-refractivity contribution is -0.113. The molecule has 0 aliphatic carbocycles. The third kappa shape index (κ3) is 13.1. The van der Waals surface area contributed by atoms with Crippen molar-refractivity contribution in [2.24, 2.45) is 5.92 Å². The lowest BCUT2D eigenvalue weighted by atomic mass is 10.0. The number of aldehydes is 1. The molecule has 1 aromatic heterocycles. The van der Waals surface area contributed by atoms with Gasteiger partial charge in [0.1, 0.15) is 23.6 Å². The van der Waals surface area contributed by atoms with Crippen LogP contribution in [0.5, 0.6) is 0 Å². The number of nitrogen functional groups attached to an aromatic ring is 1. The number of carbonyl (C=O) groups is 1. The van der Waals surface area contributed by atoms with Crippen molar-refractivity contribution >= 4 is 31.7 Å². The third-order valence-electron chi connectivity index (χ3n) is 7.32. The van der Waals surface area contributed by atoms with Crippen LogP contribution < -0.4 is 11.4 Å². The van der Waals surface area contributed by atoms with Crippen molar-refractivity contribution in [2.45, 2.75) is 126 Å². The van der Waals surface area contributed by atoms with Gasteiger partial charge in [0.15, 0.2) is 0 Å². The van der Waals surface area contributed by atoms with Crippen molar-refractivity contribution in [3.05, 3.63) is 22.7 Å². The number of unbranched alkanes of at least 4 members (excludes halogenated alkanes) is 15. The normalized spacial score (nSPS) is 22.4. The summed E-state index contributed by atoms with van der Waals surface area (Å²) < 4.78 is 38.4. The molecule has 0 aromatic carbocycles. The molecule has 0 spiro atoms. The number of phosphoric acid groups is 1. The predicted molar refractivity (Wildman–Crippen MR) is 159 cm³/mol. The Morgan fingerprint density at radius 1 is 1.00 bits per heavy atom. The molecule has 5 atom stereocenters. The molecule has 1 aromatic rings. The van der Waals surface area contributed by atoms with Crippen LogP contribution in [0.3, 0.4) is 0 Å². The highest BCUT2D eigenvalue weighted by Crippen LogP contribution is 2.49. The van der Waals surface area contributed by atoms with E-state index in [4.69, 9.17) is 14.8 Å². The SMILES string of the molecule is CCCCCCCCCCCCCCCCCCOP(=O)(O)OC[C@H]1S[C@@H](n2ccc(N)nc2=O)[C@@H](F)C1C=O. The number of aromatic nitrogens is 2. The second kappa shape index (κ2) is 19.8. The van der Waals surface area contributed by atoms with Crippen molar-refractivity contribution < 1.29 is 27.7 Å². The van der Waals surface area contributed by atoms with Crippen LogP contribution in [-0.2, 0) is 18.4 Å². The van der Waals surface area contributed by atoms with Gasteiger partial charge in [-0.05, 0) is 12.5 Å². The number of anilines is 1. The summed E-state index contributed by atoms with van der Waals surface area (Å²) in [6.45, 7) is 1.97. The fraction of sp³-hybridized carbons (Fsp3) is 0.821. The van der Waals surface area contributed by atoms with E-state index >= 15 is 0 Å². The second-order valence-electron chi connectivity index (χ2n) is 10.7. The van der Waals surface area contributed by atoms with Crippen molar-refractivity contribution in [3.63, 3.8) is 0 Å². The molecule has 9 nitrogen and oxygen atoms in total. The van der Waals surface area contributed by atoms with Gasteiger partial charge in [0.25, 0.3) is 0 Å². The lowest BCUT2D eigenvalue weighted by Gasteiger charge is -2.17. The highest BCUT2D eigenvalue weighted by molar-refractivity contribution is 8.00. The third-order valence-corrected chi connectivity index (χ3v) is 9.87. The molecule has 3 N–H and O–H groups in total. The highest BCUT2D eigenvalue weighted by Gasteiger charge is 2.46. The number of alkyl halides is 1. The van der Waals surface area contributed by atoms with Crippen LogP contribution in [-0.4, -0.2) is 45.4 Å². The summed E-state index contributed by atoms with van der Waals surface area (Å²) in [7, 11) is -4.35. The van der Waals surface area contributed by atoms with Gasteiger partial charge >= 0.3 is 13.5 Å². The smallest absolute Gasteiger partial charge is 0.383 e. The first-order valence-electron chi connectivity index (χ1n) is 15.0. The Bertz CT molecular complexity index is 955. The molecular weight excluding hydrogens is 556 g/mol.